The van der Waals surface area contributed by atoms with E-state index in [1.807, 2.05) is 18.2 Å². The van der Waals surface area contributed by atoms with E-state index in [0.29, 0.717) is 17.4 Å². The number of benzene rings is 1. The van der Waals surface area contributed by atoms with Gasteiger partial charge in [0, 0.05) is 19.2 Å². The fraction of sp³-hybridized carbons (Fsp3) is 0.409. The van der Waals surface area contributed by atoms with Crippen LogP contribution >= 0.6 is 0 Å². The first-order valence-electron chi connectivity index (χ1n) is 10.0. The maximum Gasteiger partial charge on any atom is 0.166 e. The van der Waals surface area contributed by atoms with Gasteiger partial charge in [-0.15, -0.1) is 0 Å². The topological polar surface area (TPSA) is 86.4 Å². The first kappa shape index (κ1) is 19.2. The minimum atomic E-state index is 0.482. The van der Waals surface area contributed by atoms with Gasteiger partial charge in [0.15, 0.2) is 5.65 Å². The van der Waals surface area contributed by atoms with Crippen molar-refractivity contribution < 1.29 is 9.47 Å². The number of pyridine rings is 1. The van der Waals surface area contributed by atoms with Gasteiger partial charge in [0.2, 0.25) is 0 Å². The molecule has 1 aliphatic heterocycles. The van der Waals surface area contributed by atoms with E-state index in [2.05, 4.69) is 32.0 Å². The van der Waals surface area contributed by atoms with Crippen LogP contribution in [0.4, 0.5) is 11.6 Å². The number of nitrogen functional groups attached to an aromatic ring is 1. The summed E-state index contributed by atoms with van der Waals surface area (Å²) in [6.07, 6.45) is 6.06. The van der Waals surface area contributed by atoms with Crippen molar-refractivity contribution in [3.05, 3.63) is 42.2 Å². The van der Waals surface area contributed by atoms with Crippen LogP contribution in [0, 0.1) is 5.92 Å². The van der Waals surface area contributed by atoms with E-state index in [1.54, 1.807) is 20.5 Å². The summed E-state index contributed by atoms with van der Waals surface area (Å²) in [5.41, 5.74) is 7.70. The molecule has 7 nitrogen and oxygen atoms in total. The molecule has 0 bridgehead atoms. The van der Waals surface area contributed by atoms with Crippen LogP contribution in [-0.2, 0) is 6.42 Å². The van der Waals surface area contributed by atoms with Crippen molar-refractivity contribution in [3.8, 4) is 11.5 Å². The van der Waals surface area contributed by atoms with Crippen LogP contribution in [-0.4, -0.2) is 42.3 Å². The lowest BCUT2D eigenvalue weighted by atomic mass is 9.90. The highest BCUT2D eigenvalue weighted by Crippen LogP contribution is 2.30. The van der Waals surface area contributed by atoms with E-state index in [9.17, 15) is 0 Å². The quantitative estimate of drug-likeness (QED) is 0.686. The zero-order chi connectivity index (χ0) is 20.2. The van der Waals surface area contributed by atoms with Crippen molar-refractivity contribution in [2.45, 2.75) is 25.7 Å². The van der Waals surface area contributed by atoms with Crippen molar-refractivity contribution in [3.63, 3.8) is 0 Å². The van der Waals surface area contributed by atoms with Gasteiger partial charge in [-0.05, 0) is 61.4 Å². The zero-order valence-electron chi connectivity index (χ0n) is 17.0. The van der Waals surface area contributed by atoms with Crippen molar-refractivity contribution in [2.75, 3.05) is 37.9 Å². The van der Waals surface area contributed by atoms with Gasteiger partial charge in [0.1, 0.15) is 29.5 Å². The Kier molecular flexibility index (Phi) is 5.64. The maximum absolute atomic E-state index is 5.79. The number of nitrogens with zero attached hydrogens (tertiary/aromatic N) is 4. The van der Waals surface area contributed by atoms with E-state index in [-0.39, 0.29) is 0 Å². The molecule has 0 atom stereocenters. The van der Waals surface area contributed by atoms with Gasteiger partial charge < -0.3 is 20.1 Å². The largest absolute Gasteiger partial charge is 0.497 e. The predicted octanol–water partition coefficient (Wildman–Crippen LogP) is 3.47. The Balaban J connectivity index is 1.38. The molecule has 0 amide bonds. The molecule has 29 heavy (non-hydrogen) atoms. The van der Waals surface area contributed by atoms with E-state index < -0.39 is 0 Å². The zero-order valence-corrected chi connectivity index (χ0v) is 17.0. The monoisotopic (exact) mass is 393 g/mol. The number of hydrogen-bond acceptors (Lipinski definition) is 7. The molecule has 1 aliphatic rings. The summed E-state index contributed by atoms with van der Waals surface area (Å²) in [4.78, 5) is 15.4. The van der Waals surface area contributed by atoms with Crippen molar-refractivity contribution in [2.24, 2.45) is 5.92 Å². The van der Waals surface area contributed by atoms with Gasteiger partial charge in [-0.1, -0.05) is 0 Å². The molecule has 4 rings (SSSR count). The van der Waals surface area contributed by atoms with Crippen LogP contribution in [0.15, 0.2) is 36.7 Å². The van der Waals surface area contributed by atoms with Gasteiger partial charge in [-0.3, -0.25) is 0 Å². The molecule has 1 fully saturated rings. The number of ether oxygens (including phenoxy) is 2. The lowest BCUT2D eigenvalue weighted by Crippen LogP contribution is -2.34. The van der Waals surface area contributed by atoms with Gasteiger partial charge in [0.05, 0.1) is 19.6 Å². The second-order valence-corrected chi connectivity index (χ2v) is 7.49. The second-order valence-electron chi connectivity index (χ2n) is 7.49. The number of fused-ring (bicyclic) bond motifs is 1. The summed E-state index contributed by atoms with van der Waals surface area (Å²) in [5.74, 6) is 3.83. The molecule has 2 N–H and O–H groups in total. The number of hydrogen-bond donors (Lipinski definition) is 1. The summed E-state index contributed by atoms with van der Waals surface area (Å²) in [6.45, 7) is 1.98. The Hall–Kier alpha value is -3.09. The van der Waals surface area contributed by atoms with Gasteiger partial charge in [-0.25, -0.2) is 15.0 Å². The van der Waals surface area contributed by atoms with Gasteiger partial charge in [-0.2, -0.15) is 0 Å². The molecule has 0 radical (unpaired) electrons. The summed E-state index contributed by atoms with van der Waals surface area (Å²) in [7, 11) is 3.38. The number of methoxy groups -OCH3 is 2. The lowest BCUT2D eigenvalue weighted by Gasteiger charge is -2.33. The summed E-state index contributed by atoms with van der Waals surface area (Å²) < 4.78 is 10.8. The van der Waals surface area contributed by atoms with Crippen LogP contribution in [0.3, 0.4) is 0 Å². The van der Waals surface area contributed by atoms with E-state index in [1.165, 1.54) is 5.56 Å². The number of piperidine rings is 1. The summed E-state index contributed by atoms with van der Waals surface area (Å²) >= 11 is 0. The second kappa shape index (κ2) is 8.51. The smallest absolute Gasteiger partial charge is 0.166 e. The first-order valence-corrected chi connectivity index (χ1v) is 10.0. The fourth-order valence-corrected chi connectivity index (χ4v) is 4.01. The van der Waals surface area contributed by atoms with E-state index >= 15 is 0 Å². The Morgan fingerprint density at radius 2 is 1.76 bits per heavy atom. The number of anilines is 2. The van der Waals surface area contributed by atoms with E-state index in [0.717, 1.165) is 61.5 Å². The average molecular weight is 393 g/mol. The molecule has 2 aromatic heterocycles. The molecule has 3 aromatic rings. The molecule has 0 aliphatic carbocycles. The molecule has 7 heteroatoms. The standard InChI is InChI=1S/C22H27N5O2/c1-28-17-11-16(12-18(13-17)29-2)4-3-15-7-9-27(10-8-15)22-19-5-6-20(23)26-21(19)24-14-25-22/h5-6,11-15H,3-4,7-10H2,1-2H3,(H2,23,24,25,26). The van der Waals surface area contributed by atoms with Crippen molar-refractivity contribution in [1.82, 2.24) is 15.0 Å². The van der Waals surface area contributed by atoms with Gasteiger partial charge in [0.25, 0.3) is 0 Å². The van der Waals surface area contributed by atoms with Crippen LogP contribution < -0.4 is 20.1 Å². The SMILES string of the molecule is COc1cc(CCC2CCN(c3ncnc4nc(N)ccc34)CC2)cc(OC)c1. The molecule has 0 unspecified atom stereocenters. The highest BCUT2D eigenvalue weighted by Gasteiger charge is 2.22. The molecule has 1 aromatic carbocycles. The lowest BCUT2D eigenvalue weighted by molar-refractivity contribution is 0.377. The van der Waals surface area contributed by atoms with Crippen molar-refractivity contribution >= 4 is 22.7 Å². The number of aryl methyl sites for hydroxylation is 1. The Labute approximate surface area is 170 Å². The average Bonchev–Trinajstić information content (AvgIpc) is 2.77. The highest BCUT2D eigenvalue weighted by atomic mass is 16.5. The normalized spacial score (nSPS) is 14.9. The number of nitrogens with two attached hydrogens (primary N) is 1. The molecular formula is C22H27N5O2. The van der Waals surface area contributed by atoms with Crippen LogP contribution in [0.2, 0.25) is 0 Å². The molecule has 0 spiro atoms. The van der Waals surface area contributed by atoms with Crippen LogP contribution in [0.5, 0.6) is 11.5 Å². The van der Waals surface area contributed by atoms with Crippen LogP contribution in [0.1, 0.15) is 24.8 Å². The third-order valence-corrected chi connectivity index (χ3v) is 5.66. The van der Waals surface area contributed by atoms with Crippen LogP contribution in [0.25, 0.3) is 11.0 Å². The number of rotatable bonds is 6. The third-order valence-electron chi connectivity index (χ3n) is 5.66. The van der Waals surface area contributed by atoms with Gasteiger partial charge >= 0.3 is 0 Å². The summed E-state index contributed by atoms with van der Waals surface area (Å²) in [6, 6.07) is 9.89. The molecular weight excluding hydrogens is 366 g/mol. The fourth-order valence-electron chi connectivity index (χ4n) is 4.01. The summed E-state index contributed by atoms with van der Waals surface area (Å²) in [5, 5.41) is 0.962. The Bertz CT molecular complexity index is 964. The molecule has 1 saturated heterocycles. The molecule has 3 heterocycles. The predicted molar refractivity (Wildman–Crippen MR) is 115 cm³/mol. The van der Waals surface area contributed by atoms with E-state index in [4.69, 9.17) is 15.2 Å². The minimum absolute atomic E-state index is 0.482. The molecule has 0 saturated carbocycles. The first-order chi connectivity index (χ1) is 14.2. The third kappa shape index (κ3) is 4.34. The number of aromatic nitrogens is 3. The van der Waals surface area contributed by atoms with Crippen molar-refractivity contribution in [1.29, 1.82) is 0 Å². The Morgan fingerprint density at radius 1 is 1.03 bits per heavy atom. The Morgan fingerprint density at radius 3 is 2.45 bits per heavy atom. The maximum atomic E-state index is 5.79. The molecule has 152 valence electrons. The minimum Gasteiger partial charge on any atom is -0.497 e. The highest BCUT2D eigenvalue weighted by molar-refractivity contribution is 5.87.